The number of hydrogen-bond donors (Lipinski definition) is 1. The van der Waals surface area contributed by atoms with E-state index in [1.807, 2.05) is 26.0 Å². The van der Waals surface area contributed by atoms with Gasteiger partial charge in [0, 0.05) is 11.8 Å². The molecule has 27 heavy (non-hydrogen) atoms. The normalized spacial score (nSPS) is 10.6. The lowest BCUT2D eigenvalue weighted by molar-refractivity contribution is -0.111. The molecule has 6 heteroatoms. The van der Waals surface area contributed by atoms with Gasteiger partial charge in [0.1, 0.15) is 0 Å². The second kappa shape index (κ2) is 8.89. The van der Waals surface area contributed by atoms with Crippen LogP contribution >= 0.6 is 0 Å². The standard InChI is InChI=1S/C21H23NO5/c1-13-10-16(12-17(14(13)2)21(24)27-5)22-20(23)9-7-15-6-8-18(25-3)19(11-15)26-4/h6-12H,1-5H3,(H,22,23)/b9-7+. The van der Waals surface area contributed by atoms with Crippen LogP contribution in [0.2, 0.25) is 0 Å². The molecule has 0 radical (unpaired) electrons. The van der Waals surface area contributed by atoms with Crippen LogP contribution in [0.4, 0.5) is 5.69 Å². The summed E-state index contributed by atoms with van der Waals surface area (Å²) in [7, 11) is 4.44. The zero-order chi connectivity index (χ0) is 20.0. The third-order valence-electron chi connectivity index (χ3n) is 4.17. The minimum Gasteiger partial charge on any atom is -0.493 e. The van der Waals surface area contributed by atoms with Crippen LogP contribution in [-0.2, 0) is 9.53 Å². The maximum atomic E-state index is 12.2. The van der Waals surface area contributed by atoms with E-state index in [2.05, 4.69) is 5.32 Å². The molecule has 0 atom stereocenters. The Kier molecular flexibility index (Phi) is 6.60. The number of carbonyl (C=O) groups excluding carboxylic acids is 2. The average molecular weight is 369 g/mol. The van der Waals surface area contributed by atoms with Crippen molar-refractivity contribution in [2.45, 2.75) is 13.8 Å². The molecule has 0 aliphatic heterocycles. The van der Waals surface area contributed by atoms with E-state index >= 15 is 0 Å². The number of hydrogen-bond acceptors (Lipinski definition) is 5. The highest BCUT2D eigenvalue weighted by Gasteiger charge is 2.13. The first-order valence-electron chi connectivity index (χ1n) is 8.30. The molecule has 0 saturated heterocycles. The number of methoxy groups -OCH3 is 3. The van der Waals surface area contributed by atoms with Gasteiger partial charge in [0.05, 0.1) is 26.9 Å². The van der Waals surface area contributed by atoms with Gasteiger partial charge in [0.25, 0.3) is 0 Å². The van der Waals surface area contributed by atoms with Gasteiger partial charge in [-0.25, -0.2) is 4.79 Å². The second-order valence-electron chi connectivity index (χ2n) is 5.89. The van der Waals surface area contributed by atoms with Gasteiger partial charge in [0.15, 0.2) is 11.5 Å². The molecular formula is C21H23NO5. The summed E-state index contributed by atoms with van der Waals surface area (Å²) in [6, 6.07) is 8.77. The Hall–Kier alpha value is -3.28. The first-order valence-corrected chi connectivity index (χ1v) is 8.30. The Labute approximate surface area is 158 Å². The summed E-state index contributed by atoms with van der Waals surface area (Å²) in [5, 5.41) is 2.76. The van der Waals surface area contributed by atoms with Gasteiger partial charge in [-0.1, -0.05) is 6.07 Å². The maximum Gasteiger partial charge on any atom is 0.338 e. The van der Waals surface area contributed by atoms with Crippen LogP contribution in [0.5, 0.6) is 11.5 Å². The van der Waals surface area contributed by atoms with Crippen molar-refractivity contribution in [2.24, 2.45) is 0 Å². The predicted molar refractivity (Wildman–Crippen MR) is 104 cm³/mol. The fourth-order valence-electron chi connectivity index (χ4n) is 2.57. The van der Waals surface area contributed by atoms with Crippen LogP contribution in [0.25, 0.3) is 6.08 Å². The molecule has 1 N–H and O–H groups in total. The van der Waals surface area contributed by atoms with Crippen molar-refractivity contribution in [3.63, 3.8) is 0 Å². The van der Waals surface area contributed by atoms with E-state index in [4.69, 9.17) is 14.2 Å². The van der Waals surface area contributed by atoms with Crippen LogP contribution in [0, 0.1) is 13.8 Å². The molecule has 0 bridgehead atoms. The van der Waals surface area contributed by atoms with E-state index < -0.39 is 5.97 Å². The highest BCUT2D eigenvalue weighted by molar-refractivity contribution is 6.03. The SMILES string of the molecule is COC(=O)c1cc(NC(=O)/C=C/c2ccc(OC)c(OC)c2)cc(C)c1C. The molecule has 2 rings (SSSR count). The average Bonchev–Trinajstić information content (AvgIpc) is 2.68. The number of anilines is 1. The summed E-state index contributed by atoms with van der Waals surface area (Å²) in [5.41, 5.74) is 3.45. The van der Waals surface area contributed by atoms with Crippen molar-refractivity contribution in [3.8, 4) is 11.5 Å². The molecule has 6 nitrogen and oxygen atoms in total. The Morgan fingerprint density at radius 3 is 2.30 bits per heavy atom. The van der Waals surface area contributed by atoms with E-state index in [0.717, 1.165) is 16.7 Å². The molecule has 0 aromatic heterocycles. The molecule has 0 heterocycles. The number of rotatable bonds is 6. The smallest absolute Gasteiger partial charge is 0.338 e. The van der Waals surface area contributed by atoms with Crippen molar-refractivity contribution in [3.05, 3.63) is 58.7 Å². The number of esters is 1. The van der Waals surface area contributed by atoms with Gasteiger partial charge < -0.3 is 19.5 Å². The molecule has 0 unspecified atom stereocenters. The monoisotopic (exact) mass is 369 g/mol. The molecule has 142 valence electrons. The van der Waals surface area contributed by atoms with Crippen LogP contribution in [0.15, 0.2) is 36.4 Å². The number of aryl methyl sites for hydroxylation is 1. The molecule has 0 fully saturated rings. The van der Waals surface area contributed by atoms with Gasteiger partial charge in [-0.3, -0.25) is 4.79 Å². The minimum atomic E-state index is -0.437. The lowest BCUT2D eigenvalue weighted by Crippen LogP contribution is -2.11. The first-order chi connectivity index (χ1) is 12.9. The van der Waals surface area contributed by atoms with Gasteiger partial charge in [-0.2, -0.15) is 0 Å². The van der Waals surface area contributed by atoms with Crippen molar-refractivity contribution >= 4 is 23.6 Å². The van der Waals surface area contributed by atoms with Crippen LogP contribution < -0.4 is 14.8 Å². The third kappa shape index (κ3) is 4.88. The van der Waals surface area contributed by atoms with E-state index in [9.17, 15) is 9.59 Å². The molecule has 0 aliphatic rings. The van der Waals surface area contributed by atoms with Crippen molar-refractivity contribution < 1.29 is 23.8 Å². The zero-order valence-electron chi connectivity index (χ0n) is 16.1. The molecule has 0 spiro atoms. The Morgan fingerprint density at radius 1 is 0.963 bits per heavy atom. The van der Waals surface area contributed by atoms with Gasteiger partial charge in [-0.15, -0.1) is 0 Å². The second-order valence-corrected chi connectivity index (χ2v) is 5.89. The predicted octanol–water partition coefficient (Wildman–Crippen LogP) is 3.76. The van der Waals surface area contributed by atoms with Crippen molar-refractivity contribution in [2.75, 3.05) is 26.6 Å². The summed E-state index contributed by atoms with van der Waals surface area (Å²) in [6.45, 7) is 3.71. The largest absolute Gasteiger partial charge is 0.493 e. The highest BCUT2D eigenvalue weighted by atomic mass is 16.5. The fraction of sp³-hybridized carbons (Fsp3) is 0.238. The van der Waals surface area contributed by atoms with Crippen LogP contribution in [-0.4, -0.2) is 33.2 Å². The molecule has 1 amide bonds. The Morgan fingerprint density at radius 2 is 1.67 bits per heavy atom. The zero-order valence-corrected chi connectivity index (χ0v) is 16.1. The van der Waals surface area contributed by atoms with Crippen molar-refractivity contribution in [1.82, 2.24) is 0 Å². The van der Waals surface area contributed by atoms with Crippen LogP contribution in [0.3, 0.4) is 0 Å². The van der Waals surface area contributed by atoms with Gasteiger partial charge in [-0.05, 0) is 60.9 Å². The highest BCUT2D eigenvalue weighted by Crippen LogP contribution is 2.28. The first kappa shape index (κ1) is 20.0. The Balaban J connectivity index is 2.17. The summed E-state index contributed by atoms with van der Waals surface area (Å²) >= 11 is 0. The van der Waals surface area contributed by atoms with Crippen molar-refractivity contribution in [1.29, 1.82) is 0 Å². The number of nitrogens with one attached hydrogen (secondary N) is 1. The lowest BCUT2D eigenvalue weighted by atomic mass is 10.0. The fourth-order valence-corrected chi connectivity index (χ4v) is 2.57. The maximum absolute atomic E-state index is 12.2. The summed E-state index contributed by atoms with van der Waals surface area (Å²) in [6.07, 6.45) is 3.08. The molecule has 2 aromatic rings. The summed E-state index contributed by atoms with van der Waals surface area (Å²) < 4.78 is 15.2. The molecule has 2 aromatic carbocycles. The van der Waals surface area contributed by atoms with Crippen LogP contribution in [0.1, 0.15) is 27.0 Å². The van der Waals surface area contributed by atoms with E-state index in [1.54, 1.807) is 38.5 Å². The summed E-state index contributed by atoms with van der Waals surface area (Å²) in [5.74, 6) is 0.443. The quantitative estimate of drug-likeness (QED) is 0.620. The molecule has 0 aliphatic carbocycles. The minimum absolute atomic E-state index is 0.316. The summed E-state index contributed by atoms with van der Waals surface area (Å²) in [4.78, 5) is 24.1. The van der Waals surface area contributed by atoms with Gasteiger partial charge in [0.2, 0.25) is 5.91 Å². The van der Waals surface area contributed by atoms with Gasteiger partial charge >= 0.3 is 5.97 Å². The molecular weight excluding hydrogens is 346 g/mol. The number of amides is 1. The Bertz CT molecular complexity index is 886. The van der Waals surface area contributed by atoms with E-state index in [0.29, 0.717) is 22.7 Å². The molecule has 0 saturated carbocycles. The van der Waals surface area contributed by atoms with E-state index in [1.165, 1.54) is 13.2 Å². The number of benzene rings is 2. The third-order valence-corrected chi connectivity index (χ3v) is 4.17. The topological polar surface area (TPSA) is 73.9 Å². The van der Waals surface area contributed by atoms with E-state index in [-0.39, 0.29) is 5.91 Å². The lowest BCUT2D eigenvalue weighted by Gasteiger charge is -2.11. The number of ether oxygens (including phenoxy) is 3. The number of carbonyl (C=O) groups is 2.